The van der Waals surface area contributed by atoms with E-state index in [9.17, 15) is 24.3 Å². The number of carbonyl (C=O) groups is 4. The topological polar surface area (TPSA) is 135 Å². The quantitative estimate of drug-likeness (QED) is 0.526. The van der Waals surface area contributed by atoms with Crippen molar-refractivity contribution in [2.75, 3.05) is 19.8 Å². The van der Waals surface area contributed by atoms with Gasteiger partial charge in [-0.25, -0.2) is 14.4 Å². The van der Waals surface area contributed by atoms with Crippen molar-refractivity contribution < 1.29 is 38.5 Å². The van der Waals surface area contributed by atoms with Crippen molar-refractivity contribution in [3.8, 4) is 5.75 Å². The highest BCUT2D eigenvalue weighted by Gasteiger charge is 2.46. The number of ether oxygens (including phenoxy) is 3. The van der Waals surface area contributed by atoms with Crippen LogP contribution in [0.1, 0.15) is 76.8 Å². The predicted octanol–water partition coefficient (Wildman–Crippen LogP) is 4.07. The third-order valence-electron chi connectivity index (χ3n) is 7.70. The zero-order valence-electron chi connectivity index (χ0n) is 23.6. The third-order valence-corrected chi connectivity index (χ3v) is 7.70. The molecule has 2 N–H and O–H groups in total. The molecule has 0 saturated carbocycles. The molecular weight excluding hydrogens is 518 g/mol. The number of benzene rings is 1. The molecule has 0 aliphatic carbocycles. The Kier molecular flexibility index (Phi) is 9.42. The van der Waals surface area contributed by atoms with Gasteiger partial charge in [0.1, 0.15) is 23.9 Å². The summed E-state index contributed by atoms with van der Waals surface area (Å²) < 4.78 is 17.1. The number of nitrogens with one attached hydrogen (secondary N) is 1. The molecule has 0 spiro atoms. The minimum Gasteiger partial charge on any atom is -0.493 e. The molecule has 0 radical (unpaired) electrons. The van der Waals surface area contributed by atoms with Crippen LogP contribution in [0, 0.1) is 5.41 Å². The van der Waals surface area contributed by atoms with Crippen molar-refractivity contribution in [3.05, 3.63) is 29.3 Å². The minimum atomic E-state index is -1.20. The molecule has 3 aliphatic heterocycles. The van der Waals surface area contributed by atoms with E-state index in [4.69, 9.17) is 14.2 Å². The van der Waals surface area contributed by atoms with Crippen molar-refractivity contribution in [2.24, 2.45) is 5.41 Å². The van der Waals surface area contributed by atoms with Crippen LogP contribution in [0.2, 0.25) is 0 Å². The lowest BCUT2D eigenvalue weighted by Crippen LogP contribution is -2.57. The molecule has 1 unspecified atom stereocenters. The normalized spacial score (nSPS) is 25.5. The summed E-state index contributed by atoms with van der Waals surface area (Å²) in [6.07, 6.45) is 3.51. The van der Waals surface area contributed by atoms with E-state index in [1.54, 1.807) is 25.7 Å². The van der Waals surface area contributed by atoms with Crippen LogP contribution in [0.4, 0.5) is 9.59 Å². The summed E-state index contributed by atoms with van der Waals surface area (Å²) in [5.74, 6) is -0.986. The Morgan fingerprint density at radius 3 is 2.33 bits per heavy atom. The van der Waals surface area contributed by atoms with Crippen molar-refractivity contribution in [1.82, 2.24) is 15.1 Å². The van der Waals surface area contributed by atoms with E-state index in [1.165, 1.54) is 4.90 Å². The van der Waals surface area contributed by atoms with Gasteiger partial charge in [0, 0.05) is 18.5 Å². The molecule has 0 aromatic heterocycles. The fraction of sp³-hybridized carbons (Fsp3) is 0.655. The van der Waals surface area contributed by atoms with Gasteiger partial charge in [0.05, 0.1) is 26.3 Å². The van der Waals surface area contributed by atoms with E-state index in [2.05, 4.69) is 5.32 Å². The highest BCUT2D eigenvalue weighted by atomic mass is 16.6. The van der Waals surface area contributed by atoms with Crippen LogP contribution < -0.4 is 10.1 Å². The number of amides is 3. The van der Waals surface area contributed by atoms with E-state index in [-0.39, 0.29) is 19.6 Å². The Morgan fingerprint density at radius 2 is 1.65 bits per heavy atom. The van der Waals surface area contributed by atoms with Gasteiger partial charge in [-0.05, 0) is 29.9 Å². The second kappa shape index (κ2) is 12.8. The number of carboxylic acids is 1. The smallest absolute Gasteiger partial charge is 0.410 e. The SMILES string of the molecule is CC(C)(C)[C@@H]1NC(=O)OCCCCCCCCOc2cccc3c2CN(C3)C(=O)O[C@@H]2CC(C(=O)O)N(C2)C1=O. The Balaban J connectivity index is 1.52. The summed E-state index contributed by atoms with van der Waals surface area (Å²) >= 11 is 0. The Morgan fingerprint density at radius 1 is 0.975 bits per heavy atom. The molecule has 1 aromatic rings. The summed E-state index contributed by atoms with van der Waals surface area (Å²) in [4.78, 5) is 54.2. The van der Waals surface area contributed by atoms with Crippen molar-refractivity contribution >= 4 is 24.1 Å². The van der Waals surface area contributed by atoms with E-state index >= 15 is 0 Å². The number of hydrogen-bond acceptors (Lipinski definition) is 7. The molecule has 3 amide bonds. The zero-order valence-corrected chi connectivity index (χ0v) is 23.6. The molecule has 220 valence electrons. The lowest BCUT2D eigenvalue weighted by Gasteiger charge is -2.34. The maximum Gasteiger partial charge on any atom is 0.410 e. The zero-order chi connectivity index (χ0) is 28.9. The fourth-order valence-electron chi connectivity index (χ4n) is 5.47. The van der Waals surface area contributed by atoms with E-state index in [0.717, 1.165) is 49.0 Å². The largest absolute Gasteiger partial charge is 0.493 e. The Hall–Kier alpha value is -3.50. The van der Waals surface area contributed by atoms with E-state index in [0.29, 0.717) is 26.1 Å². The average molecular weight is 560 g/mol. The molecule has 1 saturated heterocycles. The number of fused-ring (bicyclic) bond motifs is 3. The highest BCUT2D eigenvalue weighted by Crippen LogP contribution is 2.33. The van der Waals surface area contributed by atoms with Crippen molar-refractivity contribution in [1.29, 1.82) is 0 Å². The van der Waals surface area contributed by atoms with Crippen LogP contribution in [0.3, 0.4) is 0 Å². The fourth-order valence-corrected chi connectivity index (χ4v) is 5.47. The standard InChI is InChI=1S/C29H41N3O8/c1-29(2,3)24-25(33)32-17-20(15-22(32)26(34)35)40-28(37)31-16-19-11-10-12-23(21(19)18-31)38-13-8-6-4-5-7-9-14-39-27(36)30-24/h10-12,20,22,24H,4-9,13-18H2,1-3H3,(H,30,36)(H,34,35)/t20-,22?,24-/m1/s1. The van der Waals surface area contributed by atoms with Gasteiger partial charge >= 0.3 is 18.2 Å². The lowest BCUT2D eigenvalue weighted by molar-refractivity contribution is -0.150. The minimum absolute atomic E-state index is 0.0384. The van der Waals surface area contributed by atoms with Gasteiger partial charge in [0.25, 0.3) is 0 Å². The van der Waals surface area contributed by atoms with Crippen molar-refractivity contribution in [2.45, 2.75) is 97.0 Å². The molecule has 4 bridgehead atoms. The van der Waals surface area contributed by atoms with Gasteiger partial charge in [0.15, 0.2) is 0 Å². The van der Waals surface area contributed by atoms with Gasteiger partial charge in [-0.15, -0.1) is 0 Å². The summed E-state index contributed by atoms with van der Waals surface area (Å²) in [5, 5.41) is 12.5. The lowest BCUT2D eigenvalue weighted by atomic mass is 9.85. The molecule has 3 heterocycles. The highest BCUT2D eigenvalue weighted by molar-refractivity contribution is 5.90. The first-order valence-corrected chi connectivity index (χ1v) is 14.2. The number of rotatable bonds is 1. The first kappa shape index (κ1) is 29.5. The monoisotopic (exact) mass is 559 g/mol. The van der Waals surface area contributed by atoms with Crippen LogP contribution in [-0.2, 0) is 32.2 Å². The van der Waals surface area contributed by atoms with E-state index in [1.807, 2.05) is 18.2 Å². The maximum absolute atomic E-state index is 13.6. The van der Waals surface area contributed by atoms with Gasteiger partial charge in [0.2, 0.25) is 5.91 Å². The second-order valence-electron chi connectivity index (χ2n) is 11.9. The van der Waals surface area contributed by atoms with Crippen LogP contribution in [0.5, 0.6) is 5.75 Å². The van der Waals surface area contributed by atoms with Gasteiger partial charge in [-0.1, -0.05) is 58.6 Å². The first-order valence-electron chi connectivity index (χ1n) is 14.2. The molecular formula is C29H41N3O8. The van der Waals surface area contributed by atoms with Crippen molar-refractivity contribution in [3.63, 3.8) is 0 Å². The van der Waals surface area contributed by atoms with Crippen LogP contribution in [0.15, 0.2) is 18.2 Å². The van der Waals surface area contributed by atoms with E-state index < -0.39 is 47.7 Å². The summed E-state index contributed by atoms with van der Waals surface area (Å²) in [6.45, 7) is 6.79. The Bertz CT molecular complexity index is 1100. The number of carboxylic acid groups (broad SMARTS) is 1. The van der Waals surface area contributed by atoms with Crippen LogP contribution >= 0.6 is 0 Å². The molecule has 1 aromatic carbocycles. The van der Waals surface area contributed by atoms with Gasteiger partial charge in [-0.3, -0.25) is 9.69 Å². The maximum atomic E-state index is 13.6. The predicted molar refractivity (Wildman–Crippen MR) is 145 cm³/mol. The molecule has 11 nitrogen and oxygen atoms in total. The molecule has 3 atom stereocenters. The number of hydrogen-bond donors (Lipinski definition) is 2. The second-order valence-corrected chi connectivity index (χ2v) is 11.9. The Labute approximate surface area is 235 Å². The summed E-state index contributed by atoms with van der Waals surface area (Å²) in [5.41, 5.74) is 1.22. The van der Waals surface area contributed by atoms with Crippen LogP contribution in [0.25, 0.3) is 0 Å². The molecule has 4 rings (SSSR count). The molecule has 11 heteroatoms. The number of alkyl carbamates (subject to hydrolysis) is 1. The molecule has 1 fully saturated rings. The molecule has 40 heavy (non-hydrogen) atoms. The number of carbonyl (C=O) groups excluding carboxylic acids is 3. The average Bonchev–Trinajstić information content (AvgIpc) is 3.52. The first-order chi connectivity index (χ1) is 19.0. The number of nitrogens with zero attached hydrogens (tertiary/aromatic N) is 2. The molecule has 3 aliphatic rings. The number of cyclic esters (lactones) is 1. The number of aliphatic carboxylic acids is 1. The third kappa shape index (κ3) is 7.17. The van der Waals surface area contributed by atoms with Gasteiger partial charge in [-0.2, -0.15) is 0 Å². The van der Waals surface area contributed by atoms with Crippen LogP contribution in [-0.4, -0.2) is 76.9 Å². The summed E-state index contributed by atoms with van der Waals surface area (Å²) in [6, 6.07) is 3.57. The summed E-state index contributed by atoms with van der Waals surface area (Å²) in [7, 11) is 0. The van der Waals surface area contributed by atoms with Gasteiger partial charge < -0.3 is 29.5 Å².